The molecule has 164 valence electrons. The minimum absolute atomic E-state index is 0. The van der Waals surface area contributed by atoms with Crippen LogP contribution in [0.4, 0.5) is 4.39 Å². The highest BCUT2D eigenvalue weighted by molar-refractivity contribution is 6.30. The van der Waals surface area contributed by atoms with E-state index in [9.17, 15) is 14.3 Å². The first-order chi connectivity index (χ1) is 13.9. The largest absolute Gasteiger partial charge is 0.483 e. The predicted molar refractivity (Wildman–Crippen MR) is 118 cm³/mol. The van der Waals surface area contributed by atoms with Gasteiger partial charge in [0.15, 0.2) is 6.61 Å². The van der Waals surface area contributed by atoms with E-state index in [0.717, 1.165) is 18.7 Å². The van der Waals surface area contributed by atoms with Crippen LogP contribution in [0.5, 0.6) is 5.75 Å². The van der Waals surface area contributed by atoms with E-state index < -0.39 is 0 Å². The molecule has 30 heavy (non-hydrogen) atoms. The average molecular weight is 457 g/mol. The van der Waals surface area contributed by atoms with Crippen molar-refractivity contribution in [2.24, 2.45) is 0 Å². The Morgan fingerprint density at radius 1 is 1.17 bits per heavy atom. The molecule has 1 aliphatic rings. The van der Waals surface area contributed by atoms with Gasteiger partial charge in [0.05, 0.1) is 6.61 Å². The van der Waals surface area contributed by atoms with Gasteiger partial charge in [0, 0.05) is 42.3 Å². The van der Waals surface area contributed by atoms with Gasteiger partial charge < -0.3 is 14.7 Å². The third-order valence-electron chi connectivity index (χ3n) is 5.28. The highest BCUT2D eigenvalue weighted by Crippen LogP contribution is 2.24. The summed E-state index contributed by atoms with van der Waals surface area (Å²) in [6.07, 6.45) is 0. The van der Waals surface area contributed by atoms with Crippen molar-refractivity contribution >= 4 is 29.9 Å². The maximum Gasteiger partial charge on any atom is 0.260 e. The molecular formula is C22H27Cl2FN2O3. The van der Waals surface area contributed by atoms with Crippen LogP contribution in [-0.2, 0) is 17.9 Å². The summed E-state index contributed by atoms with van der Waals surface area (Å²) in [6, 6.07) is 11.7. The molecule has 1 amide bonds. The van der Waals surface area contributed by atoms with Gasteiger partial charge in [0.2, 0.25) is 0 Å². The predicted octanol–water partition coefficient (Wildman–Crippen LogP) is 3.89. The summed E-state index contributed by atoms with van der Waals surface area (Å²) in [5, 5.41) is 9.95. The number of amides is 1. The number of aliphatic hydroxyl groups excluding tert-OH is 1. The lowest BCUT2D eigenvalue weighted by molar-refractivity contribution is -0.139. The second-order valence-electron chi connectivity index (χ2n) is 7.50. The molecule has 1 fully saturated rings. The number of aliphatic hydroxyl groups is 1. The lowest BCUT2D eigenvalue weighted by atomic mass is 10.1. The summed E-state index contributed by atoms with van der Waals surface area (Å²) in [6.45, 7) is 5.84. The summed E-state index contributed by atoms with van der Waals surface area (Å²) in [7, 11) is 0. The van der Waals surface area contributed by atoms with Crippen LogP contribution in [0.3, 0.4) is 0 Å². The van der Waals surface area contributed by atoms with Gasteiger partial charge in [-0.15, -0.1) is 12.4 Å². The highest BCUT2D eigenvalue weighted by atomic mass is 35.5. The topological polar surface area (TPSA) is 53.0 Å². The normalized spacial score (nSPS) is 19.3. The molecule has 1 aliphatic heterocycles. The van der Waals surface area contributed by atoms with Crippen molar-refractivity contribution in [3.63, 3.8) is 0 Å². The molecule has 5 nitrogen and oxygen atoms in total. The van der Waals surface area contributed by atoms with Gasteiger partial charge in [-0.1, -0.05) is 23.7 Å². The maximum atomic E-state index is 13.1. The number of piperazine rings is 1. The van der Waals surface area contributed by atoms with Crippen LogP contribution in [0.2, 0.25) is 5.02 Å². The number of rotatable bonds is 6. The van der Waals surface area contributed by atoms with E-state index >= 15 is 0 Å². The van der Waals surface area contributed by atoms with Gasteiger partial charge in [-0.3, -0.25) is 9.69 Å². The molecule has 0 bridgehead atoms. The van der Waals surface area contributed by atoms with Gasteiger partial charge in [0.25, 0.3) is 5.91 Å². The number of benzene rings is 2. The molecule has 0 radical (unpaired) electrons. The SMILES string of the molecule is C[C@@H]1CN(C(=O)COc2ccc(Cl)cc2CO)[C@@H](C)CN1Cc1ccc(F)cc1.Cl. The van der Waals surface area contributed by atoms with Crippen LogP contribution < -0.4 is 4.74 Å². The first kappa shape index (κ1) is 24.4. The first-order valence-electron chi connectivity index (χ1n) is 9.67. The monoisotopic (exact) mass is 456 g/mol. The number of ether oxygens (including phenoxy) is 1. The Bertz CT molecular complexity index is 851. The van der Waals surface area contributed by atoms with Gasteiger partial charge in [-0.25, -0.2) is 4.39 Å². The van der Waals surface area contributed by atoms with Crippen molar-refractivity contribution < 1.29 is 19.0 Å². The number of carbonyl (C=O) groups excluding carboxylic acids is 1. The Hall–Kier alpha value is -1.86. The number of hydrogen-bond donors (Lipinski definition) is 1. The molecule has 0 saturated carbocycles. The van der Waals surface area contributed by atoms with Crippen LogP contribution in [-0.4, -0.2) is 52.6 Å². The fourth-order valence-electron chi connectivity index (χ4n) is 3.63. The summed E-state index contributed by atoms with van der Waals surface area (Å²) in [5.41, 5.74) is 1.60. The molecule has 0 aliphatic carbocycles. The summed E-state index contributed by atoms with van der Waals surface area (Å²) in [4.78, 5) is 16.9. The van der Waals surface area contributed by atoms with Crippen LogP contribution in [0.15, 0.2) is 42.5 Å². The molecule has 2 aromatic rings. The third-order valence-corrected chi connectivity index (χ3v) is 5.51. The Labute approximate surface area is 187 Å². The number of halogens is 3. The molecule has 0 spiro atoms. The third kappa shape index (κ3) is 6.08. The fraction of sp³-hybridized carbons (Fsp3) is 0.409. The second kappa shape index (κ2) is 11.0. The zero-order chi connectivity index (χ0) is 21.0. The molecule has 2 atom stereocenters. The van der Waals surface area contributed by atoms with E-state index in [1.165, 1.54) is 12.1 Å². The highest BCUT2D eigenvalue weighted by Gasteiger charge is 2.32. The molecule has 0 aromatic heterocycles. The second-order valence-corrected chi connectivity index (χ2v) is 7.94. The first-order valence-corrected chi connectivity index (χ1v) is 10.0. The minimum Gasteiger partial charge on any atom is -0.483 e. The van der Waals surface area contributed by atoms with Crippen molar-refractivity contribution in [3.8, 4) is 5.75 Å². The Morgan fingerprint density at radius 3 is 2.53 bits per heavy atom. The van der Waals surface area contributed by atoms with Crippen LogP contribution in [0.25, 0.3) is 0 Å². The Balaban J connectivity index is 0.00000320. The molecular weight excluding hydrogens is 430 g/mol. The summed E-state index contributed by atoms with van der Waals surface area (Å²) < 4.78 is 18.8. The van der Waals surface area contributed by atoms with Crippen molar-refractivity contribution in [1.29, 1.82) is 0 Å². The molecule has 1 saturated heterocycles. The molecule has 3 rings (SSSR count). The molecule has 8 heteroatoms. The molecule has 0 unspecified atom stereocenters. The van der Waals surface area contributed by atoms with Crippen molar-refractivity contribution in [2.45, 2.75) is 39.1 Å². The van der Waals surface area contributed by atoms with Crippen molar-refractivity contribution in [1.82, 2.24) is 9.80 Å². The van der Waals surface area contributed by atoms with E-state index in [1.807, 2.05) is 11.8 Å². The van der Waals surface area contributed by atoms with Crippen molar-refractivity contribution in [3.05, 3.63) is 64.4 Å². The smallest absolute Gasteiger partial charge is 0.260 e. The van der Waals surface area contributed by atoms with Crippen LogP contribution in [0, 0.1) is 5.82 Å². The standard InChI is InChI=1S/C22H26ClFN2O3.ClH/c1-15-11-26(16(2)10-25(15)12-17-3-6-20(24)7-4-17)22(28)14-29-21-8-5-19(23)9-18(21)13-27;/h3-9,15-16,27H,10-14H2,1-2H3;1H/t15-,16+;/m1./s1. The van der Waals surface area contributed by atoms with Gasteiger partial charge in [0.1, 0.15) is 11.6 Å². The van der Waals surface area contributed by atoms with E-state index in [2.05, 4.69) is 11.8 Å². The molecule has 1 N–H and O–H groups in total. The Kier molecular flexibility index (Phi) is 8.92. The van der Waals surface area contributed by atoms with Gasteiger partial charge in [-0.2, -0.15) is 0 Å². The molecule has 2 aromatic carbocycles. The lowest BCUT2D eigenvalue weighted by Gasteiger charge is -2.44. The zero-order valence-corrected chi connectivity index (χ0v) is 18.6. The lowest BCUT2D eigenvalue weighted by Crippen LogP contribution is -2.58. The van der Waals surface area contributed by atoms with E-state index in [4.69, 9.17) is 16.3 Å². The van der Waals surface area contributed by atoms with E-state index in [1.54, 1.807) is 30.3 Å². The number of nitrogens with zero attached hydrogens (tertiary/aromatic N) is 2. The number of carbonyl (C=O) groups is 1. The summed E-state index contributed by atoms with van der Waals surface area (Å²) >= 11 is 5.93. The summed E-state index contributed by atoms with van der Waals surface area (Å²) in [5.74, 6) is 0.126. The average Bonchev–Trinajstić information content (AvgIpc) is 2.70. The maximum absolute atomic E-state index is 13.1. The quantitative estimate of drug-likeness (QED) is 0.715. The fourth-order valence-corrected chi connectivity index (χ4v) is 3.82. The Morgan fingerprint density at radius 2 is 1.87 bits per heavy atom. The van der Waals surface area contributed by atoms with Crippen molar-refractivity contribution in [2.75, 3.05) is 19.7 Å². The number of hydrogen-bond acceptors (Lipinski definition) is 4. The van der Waals surface area contributed by atoms with Gasteiger partial charge in [-0.05, 0) is 49.7 Å². The van der Waals surface area contributed by atoms with E-state index in [0.29, 0.717) is 22.9 Å². The van der Waals surface area contributed by atoms with Gasteiger partial charge >= 0.3 is 0 Å². The molecule has 1 heterocycles. The van der Waals surface area contributed by atoms with Crippen LogP contribution >= 0.6 is 24.0 Å². The zero-order valence-electron chi connectivity index (χ0n) is 17.1. The van der Waals surface area contributed by atoms with E-state index in [-0.39, 0.29) is 49.4 Å². The minimum atomic E-state index is -0.240. The van der Waals surface area contributed by atoms with Crippen LogP contribution in [0.1, 0.15) is 25.0 Å².